The van der Waals surface area contributed by atoms with E-state index in [-0.39, 0.29) is 11.9 Å². The van der Waals surface area contributed by atoms with Gasteiger partial charge in [-0.1, -0.05) is 58.0 Å². The van der Waals surface area contributed by atoms with Gasteiger partial charge in [0.25, 0.3) is 5.91 Å². The van der Waals surface area contributed by atoms with Crippen LogP contribution in [0.3, 0.4) is 0 Å². The third-order valence-electron chi connectivity index (χ3n) is 3.61. The van der Waals surface area contributed by atoms with Crippen molar-refractivity contribution in [3.05, 3.63) is 33.8 Å². The highest BCUT2D eigenvalue weighted by Gasteiger charge is 2.27. The molecule has 0 saturated heterocycles. The largest absolute Gasteiger partial charge is 0.349 e. The lowest BCUT2D eigenvalue weighted by Gasteiger charge is -2.31. The standard InChI is InChI=1S/C14H16BrCl2NO/c15-8-9-4-1-2-7-12(9)18-14(19)13-10(16)5-3-6-11(13)17/h3,5-6,9,12H,1-2,4,7-8H2,(H,18,19). The van der Waals surface area contributed by atoms with Crippen LogP contribution in [0.2, 0.25) is 10.0 Å². The highest BCUT2D eigenvalue weighted by Crippen LogP contribution is 2.28. The fourth-order valence-corrected chi connectivity index (χ4v) is 3.88. The van der Waals surface area contributed by atoms with E-state index in [0.29, 0.717) is 21.5 Å². The number of hydrogen-bond acceptors (Lipinski definition) is 1. The Hall–Kier alpha value is -0.250. The van der Waals surface area contributed by atoms with Gasteiger partial charge in [0.15, 0.2) is 0 Å². The molecule has 1 aromatic carbocycles. The third kappa shape index (κ3) is 3.65. The number of nitrogens with one attached hydrogen (secondary N) is 1. The van der Waals surface area contributed by atoms with Gasteiger partial charge in [0.1, 0.15) is 0 Å². The number of benzene rings is 1. The van der Waals surface area contributed by atoms with E-state index in [1.54, 1.807) is 18.2 Å². The summed E-state index contributed by atoms with van der Waals surface area (Å²) in [5.74, 6) is 0.312. The van der Waals surface area contributed by atoms with Crippen molar-refractivity contribution in [3.63, 3.8) is 0 Å². The van der Waals surface area contributed by atoms with Crippen molar-refractivity contribution in [1.29, 1.82) is 0 Å². The van der Waals surface area contributed by atoms with Crippen LogP contribution in [0.4, 0.5) is 0 Å². The molecule has 5 heteroatoms. The van der Waals surface area contributed by atoms with E-state index in [0.717, 1.165) is 24.6 Å². The van der Waals surface area contributed by atoms with Crippen LogP contribution in [0.15, 0.2) is 18.2 Å². The number of hydrogen-bond donors (Lipinski definition) is 1. The average molecular weight is 365 g/mol. The van der Waals surface area contributed by atoms with Gasteiger partial charge in [-0.25, -0.2) is 0 Å². The zero-order valence-electron chi connectivity index (χ0n) is 10.5. The molecule has 0 aliphatic heterocycles. The summed E-state index contributed by atoms with van der Waals surface area (Å²) in [5, 5.41) is 4.79. The second-order valence-corrected chi connectivity index (χ2v) is 6.34. The van der Waals surface area contributed by atoms with Crippen molar-refractivity contribution in [2.75, 3.05) is 5.33 Å². The number of alkyl halides is 1. The molecule has 0 radical (unpaired) electrons. The number of carbonyl (C=O) groups is 1. The molecule has 1 amide bonds. The predicted octanol–water partition coefficient (Wildman–Crippen LogP) is 4.68. The van der Waals surface area contributed by atoms with Crippen LogP contribution in [-0.2, 0) is 0 Å². The molecule has 0 heterocycles. The van der Waals surface area contributed by atoms with Crippen LogP contribution >= 0.6 is 39.1 Å². The van der Waals surface area contributed by atoms with Crippen molar-refractivity contribution in [1.82, 2.24) is 5.32 Å². The minimum absolute atomic E-state index is 0.173. The topological polar surface area (TPSA) is 29.1 Å². The summed E-state index contributed by atoms with van der Waals surface area (Å²) in [4.78, 5) is 12.3. The molecule has 1 aliphatic carbocycles. The van der Waals surface area contributed by atoms with Crippen molar-refractivity contribution < 1.29 is 4.79 Å². The first kappa shape index (κ1) is 15.1. The smallest absolute Gasteiger partial charge is 0.254 e. The lowest BCUT2D eigenvalue weighted by atomic mass is 9.86. The van der Waals surface area contributed by atoms with Crippen LogP contribution in [0.5, 0.6) is 0 Å². The monoisotopic (exact) mass is 363 g/mol. The van der Waals surface area contributed by atoms with Gasteiger partial charge in [-0.05, 0) is 30.9 Å². The highest BCUT2D eigenvalue weighted by atomic mass is 79.9. The molecule has 1 saturated carbocycles. The summed E-state index contributed by atoms with van der Waals surface area (Å²) >= 11 is 15.6. The molecule has 0 spiro atoms. The fourth-order valence-electron chi connectivity index (χ4n) is 2.54. The summed E-state index contributed by atoms with van der Waals surface area (Å²) in [6.45, 7) is 0. The zero-order valence-corrected chi connectivity index (χ0v) is 13.6. The summed E-state index contributed by atoms with van der Waals surface area (Å²) in [7, 11) is 0. The number of rotatable bonds is 3. The summed E-state index contributed by atoms with van der Waals surface area (Å²) < 4.78 is 0. The number of carbonyl (C=O) groups excluding carboxylic acids is 1. The lowest BCUT2D eigenvalue weighted by Crippen LogP contribution is -2.42. The van der Waals surface area contributed by atoms with Crippen LogP contribution in [0, 0.1) is 5.92 Å². The van der Waals surface area contributed by atoms with Crippen LogP contribution in [0.1, 0.15) is 36.0 Å². The minimum Gasteiger partial charge on any atom is -0.349 e. The van der Waals surface area contributed by atoms with E-state index in [9.17, 15) is 4.79 Å². The lowest BCUT2D eigenvalue weighted by molar-refractivity contribution is 0.0912. The molecule has 19 heavy (non-hydrogen) atoms. The molecule has 0 aromatic heterocycles. The molecule has 1 aliphatic rings. The first-order valence-electron chi connectivity index (χ1n) is 6.44. The average Bonchev–Trinajstić information content (AvgIpc) is 2.39. The fraction of sp³-hybridized carbons (Fsp3) is 0.500. The van der Waals surface area contributed by atoms with Crippen molar-refractivity contribution in [3.8, 4) is 0 Å². The van der Waals surface area contributed by atoms with E-state index >= 15 is 0 Å². The van der Waals surface area contributed by atoms with Crippen molar-refractivity contribution in [2.45, 2.75) is 31.7 Å². The van der Waals surface area contributed by atoms with Gasteiger partial charge in [-0.3, -0.25) is 4.79 Å². The summed E-state index contributed by atoms with van der Waals surface area (Å²) in [6, 6.07) is 5.31. The van der Waals surface area contributed by atoms with E-state index in [4.69, 9.17) is 23.2 Å². The Morgan fingerprint density at radius 3 is 2.53 bits per heavy atom. The van der Waals surface area contributed by atoms with Gasteiger partial charge in [0.05, 0.1) is 15.6 Å². The normalized spacial score (nSPS) is 23.1. The van der Waals surface area contributed by atoms with Gasteiger partial charge in [0, 0.05) is 11.4 Å². The number of amides is 1. The second-order valence-electron chi connectivity index (χ2n) is 4.88. The molecular weight excluding hydrogens is 349 g/mol. The quantitative estimate of drug-likeness (QED) is 0.775. The van der Waals surface area contributed by atoms with Crippen LogP contribution in [0.25, 0.3) is 0 Å². The van der Waals surface area contributed by atoms with E-state index in [1.807, 2.05) is 0 Å². The first-order valence-corrected chi connectivity index (χ1v) is 8.32. The minimum atomic E-state index is -0.173. The Labute approximate surface area is 132 Å². The SMILES string of the molecule is O=C(NC1CCCCC1CBr)c1c(Cl)cccc1Cl. The molecule has 2 unspecified atom stereocenters. The molecule has 2 nitrogen and oxygen atoms in total. The molecule has 2 atom stereocenters. The molecule has 0 bridgehead atoms. The van der Waals surface area contributed by atoms with Gasteiger partial charge >= 0.3 is 0 Å². The molecule has 2 rings (SSSR count). The van der Waals surface area contributed by atoms with Gasteiger partial charge in [-0.2, -0.15) is 0 Å². The summed E-state index contributed by atoms with van der Waals surface area (Å²) in [6.07, 6.45) is 4.55. The number of halogens is 3. The Kier molecular flexibility index (Phi) is 5.55. The Morgan fingerprint density at radius 2 is 1.89 bits per heavy atom. The van der Waals surface area contributed by atoms with E-state index < -0.39 is 0 Å². The third-order valence-corrected chi connectivity index (χ3v) is 5.08. The Balaban J connectivity index is 2.12. The van der Waals surface area contributed by atoms with Gasteiger partial charge in [-0.15, -0.1) is 0 Å². The van der Waals surface area contributed by atoms with Crippen molar-refractivity contribution in [2.24, 2.45) is 5.92 Å². The molecular formula is C14H16BrCl2NO. The van der Waals surface area contributed by atoms with Crippen LogP contribution < -0.4 is 5.32 Å². The summed E-state index contributed by atoms with van der Waals surface area (Å²) in [5.41, 5.74) is 0.379. The van der Waals surface area contributed by atoms with Crippen molar-refractivity contribution >= 4 is 45.0 Å². The van der Waals surface area contributed by atoms with E-state index in [2.05, 4.69) is 21.2 Å². The van der Waals surface area contributed by atoms with Gasteiger partial charge < -0.3 is 5.32 Å². The van der Waals surface area contributed by atoms with Gasteiger partial charge in [0.2, 0.25) is 0 Å². The van der Waals surface area contributed by atoms with E-state index in [1.165, 1.54) is 6.42 Å². The molecule has 1 aromatic rings. The maximum Gasteiger partial charge on any atom is 0.254 e. The van der Waals surface area contributed by atoms with Crippen LogP contribution in [-0.4, -0.2) is 17.3 Å². The first-order chi connectivity index (χ1) is 9.13. The Morgan fingerprint density at radius 1 is 1.26 bits per heavy atom. The predicted molar refractivity (Wildman–Crippen MR) is 83.5 cm³/mol. The molecule has 1 N–H and O–H groups in total. The molecule has 1 fully saturated rings. The maximum atomic E-state index is 12.3. The maximum absolute atomic E-state index is 12.3. The second kappa shape index (κ2) is 6.96. The Bertz CT molecular complexity index is 447. The molecule has 104 valence electrons. The highest BCUT2D eigenvalue weighted by molar-refractivity contribution is 9.09. The zero-order chi connectivity index (χ0) is 13.8.